The van der Waals surface area contributed by atoms with Crippen molar-refractivity contribution in [1.82, 2.24) is 0 Å². The summed E-state index contributed by atoms with van der Waals surface area (Å²) in [5, 5.41) is 4.64. The van der Waals surface area contributed by atoms with Gasteiger partial charge in [0.15, 0.2) is 0 Å². The Bertz CT molecular complexity index is 1020. The minimum atomic E-state index is -1.84. The fourth-order valence-corrected chi connectivity index (χ4v) is 8.81. The van der Waals surface area contributed by atoms with Gasteiger partial charge in [0.2, 0.25) is 0 Å². The first-order valence-corrected chi connectivity index (χ1v) is 14.0. The Morgan fingerprint density at radius 2 is 1.03 bits per heavy atom. The zero-order chi connectivity index (χ0) is 22.7. The van der Waals surface area contributed by atoms with Gasteiger partial charge in [-0.25, -0.2) is 0 Å². The van der Waals surface area contributed by atoms with E-state index in [-0.39, 0.29) is 22.3 Å². The van der Waals surface area contributed by atoms with Gasteiger partial charge in [-0.05, 0) is 47.9 Å². The van der Waals surface area contributed by atoms with Crippen LogP contribution in [0.4, 0.5) is 0 Å². The van der Waals surface area contributed by atoms with Crippen LogP contribution >= 0.6 is 30.5 Å². The largest absolute Gasteiger partial charge is 1.00 e. The predicted octanol–water partition coefficient (Wildman–Crippen LogP) is 4.56. The molecule has 0 aliphatic heterocycles. The first-order chi connectivity index (χ1) is 15.8. The summed E-state index contributed by atoms with van der Waals surface area (Å²) in [4.78, 5) is 0. The van der Waals surface area contributed by atoms with E-state index in [0.717, 1.165) is 19.0 Å². The van der Waals surface area contributed by atoms with Crippen LogP contribution in [0, 0.1) is 0 Å². The summed E-state index contributed by atoms with van der Waals surface area (Å²) in [6.07, 6.45) is 3.32. The SMILES string of the molecule is CCCc1ccccc1[P+](Cc1ccccc1)(c1ccccc1)c1ccccc1.ClCCl.[Br-]. The summed E-state index contributed by atoms with van der Waals surface area (Å²) in [5.41, 5.74) is 2.90. The van der Waals surface area contributed by atoms with Crippen LogP contribution in [0.15, 0.2) is 115 Å². The Morgan fingerprint density at radius 1 is 0.606 bits per heavy atom. The number of hydrogen-bond donors (Lipinski definition) is 0. The molecule has 0 atom stereocenters. The van der Waals surface area contributed by atoms with Crippen LogP contribution in [0.1, 0.15) is 24.5 Å². The summed E-state index contributed by atoms with van der Waals surface area (Å²) in [6, 6.07) is 42.5. The molecule has 4 heteroatoms. The number of benzene rings is 4. The third-order valence-electron chi connectivity index (χ3n) is 5.58. The Balaban J connectivity index is 0.000000914. The molecule has 0 fully saturated rings. The van der Waals surface area contributed by atoms with Crippen LogP contribution in [0.5, 0.6) is 0 Å². The fourth-order valence-electron chi connectivity index (χ4n) is 4.28. The Labute approximate surface area is 220 Å². The molecular formula is C29H30BrCl2P. The van der Waals surface area contributed by atoms with Crippen LogP contribution in [-0.2, 0) is 12.6 Å². The average Bonchev–Trinajstić information content (AvgIpc) is 2.85. The first kappa shape index (κ1) is 27.6. The molecule has 4 aromatic rings. The Kier molecular flexibility index (Phi) is 12.2. The van der Waals surface area contributed by atoms with Gasteiger partial charge in [0.1, 0.15) is 23.2 Å². The topological polar surface area (TPSA) is 0 Å². The smallest absolute Gasteiger partial charge is 0.116 e. The van der Waals surface area contributed by atoms with Crippen molar-refractivity contribution < 1.29 is 17.0 Å². The Hall–Kier alpha value is -1.63. The number of alkyl halides is 2. The van der Waals surface area contributed by atoms with Crippen molar-refractivity contribution in [1.29, 1.82) is 0 Å². The van der Waals surface area contributed by atoms with E-state index in [4.69, 9.17) is 23.2 Å². The van der Waals surface area contributed by atoms with E-state index >= 15 is 0 Å². The second-order valence-electron chi connectivity index (χ2n) is 7.60. The van der Waals surface area contributed by atoms with Gasteiger partial charge in [-0.3, -0.25) is 0 Å². The Morgan fingerprint density at radius 3 is 1.52 bits per heavy atom. The normalized spacial score (nSPS) is 10.5. The van der Waals surface area contributed by atoms with Crippen molar-refractivity contribution >= 4 is 46.4 Å². The van der Waals surface area contributed by atoms with Gasteiger partial charge < -0.3 is 17.0 Å². The summed E-state index contributed by atoms with van der Waals surface area (Å²) >= 11 is 9.53. The van der Waals surface area contributed by atoms with E-state index in [0.29, 0.717) is 0 Å². The monoisotopic (exact) mass is 558 g/mol. The summed E-state index contributed by atoms with van der Waals surface area (Å²) in [7, 11) is -1.84. The standard InChI is InChI=1S/C28H28P.CH2Cl2.BrH/c1-2-14-25-17-12-13-22-28(25)29(26-18-8-4-9-19-26,27-20-10-5-11-21-27)23-24-15-6-3-7-16-24;2-1-3;/h3-13,15-22H,2,14,23H2,1H3;1H2;1H/q+1;;/p-1. The molecule has 0 amide bonds. The highest BCUT2D eigenvalue weighted by molar-refractivity contribution is 7.95. The van der Waals surface area contributed by atoms with Crippen LogP contribution in [-0.4, -0.2) is 5.34 Å². The zero-order valence-corrected chi connectivity index (χ0v) is 22.9. The molecule has 0 unspecified atom stereocenters. The van der Waals surface area contributed by atoms with Crippen LogP contribution in [0.2, 0.25) is 0 Å². The number of halogens is 3. The maximum atomic E-state index is 4.76. The van der Waals surface area contributed by atoms with E-state index in [2.05, 4.69) is 122 Å². The van der Waals surface area contributed by atoms with Crippen LogP contribution in [0.25, 0.3) is 0 Å². The molecule has 0 heterocycles. The lowest BCUT2D eigenvalue weighted by Crippen LogP contribution is -3.00. The predicted molar refractivity (Wildman–Crippen MR) is 146 cm³/mol. The van der Waals surface area contributed by atoms with Gasteiger partial charge >= 0.3 is 0 Å². The molecule has 4 aromatic carbocycles. The van der Waals surface area contributed by atoms with E-state index in [1.165, 1.54) is 27.0 Å². The minimum Gasteiger partial charge on any atom is -1.00 e. The van der Waals surface area contributed by atoms with E-state index in [1.807, 2.05) is 0 Å². The van der Waals surface area contributed by atoms with Crippen LogP contribution < -0.4 is 32.9 Å². The van der Waals surface area contributed by atoms with Crippen molar-refractivity contribution in [2.75, 3.05) is 5.34 Å². The van der Waals surface area contributed by atoms with E-state index in [1.54, 1.807) is 0 Å². The van der Waals surface area contributed by atoms with E-state index in [9.17, 15) is 0 Å². The van der Waals surface area contributed by atoms with Gasteiger partial charge in [0, 0.05) is 0 Å². The van der Waals surface area contributed by atoms with Gasteiger partial charge in [-0.15, -0.1) is 23.2 Å². The molecular weight excluding hydrogens is 530 g/mol. The molecule has 33 heavy (non-hydrogen) atoms. The maximum Gasteiger partial charge on any atom is 0.116 e. The average molecular weight is 560 g/mol. The second-order valence-corrected chi connectivity index (χ2v) is 11.9. The highest BCUT2D eigenvalue weighted by Crippen LogP contribution is 2.58. The van der Waals surface area contributed by atoms with Gasteiger partial charge in [-0.1, -0.05) is 98.3 Å². The summed E-state index contributed by atoms with van der Waals surface area (Å²) < 4.78 is 0. The molecule has 0 bridgehead atoms. The first-order valence-electron chi connectivity index (χ1n) is 11.0. The number of aryl methyl sites for hydroxylation is 1. The van der Waals surface area contributed by atoms with Crippen molar-refractivity contribution in [2.24, 2.45) is 0 Å². The third-order valence-corrected chi connectivity index (χ3v) is 10.0. The number of hydrogen-bond acceptors (Lipinski definition) is 0. The fraction of sp³-hybridized carbons (Fsp3) is 0.172. The molecule has 0 nitrogen and oxygen atoms in total. The van der Waals surface area contributed by atoms with Crippen molar-refractivity contribution in [3.8, 4) is 0 Å². The lowest BCUT2D eigenvalue weighted by atomic mass is 10.1. The molecule has 0 saturated heterocycles. The highest BCUT2D eigenvalue weighted by Gasteiger charge is 2.46. The van der Waals surface area contributed by atoms with Crippen molar-refractivity contribution in [3.63, 3.8) is 0 Å². The third kappa shape index (κ3) is 6.93. The van der Waals surface area contributed by atoms with E-state index < -0.39 is 7.26 Å². The quantitative estimate of drug-likeness (QED) is 0.230. The minimum absolute atomic E-state index is 0. The van der Waals surface area contributed by atoms with Crippen LogP contribution in [0.3, 0.4) is 0 Å². The van der Waals surface area contributed by atoms with Crippen molar-refractivity contribution in [3.05, 3.63) is 126 Å². The molecule has 0 spiro atoms. The highest BCUT2D eigenvalue weighted by atomic mass is 79.9. The molecule has 0 aliphatic rings. The lowest BCUT2D eigenvalue weighted by molar-refractivity contribution is -0.00000625. The molecule has 0 aromatic heterocycles. The molecule has 0 N–H and O–H groups in total. The summed E-state index contributed by atoms with van der Waals surface area (Å²) in [5.74, 6) is 0. The zero-order valence-electron chi connectivity index (χ0n) is 18.9. The molecule has 0 aliphatic carbocycles. The molecule has 0 radical (unpaired) electrons. The maximum absolute atomic E-state index is 4.76. The molecule has 0 saturated carbocycles. The molecule has 172 valence electrons. The van der Waals surface area contributed by atoms with Crippen molar-refractivity contribution in [2.45, 2.75) is 25.9 Å². The molecule has 4 rings (SSSR count). The lowest BCUT2D eigenvalue weighted by Gasteiger charge is -2.29. The summed E-state index contributed by atoms with van der Waals surface area (Å²) in [6.45, 7) is 2.28. The number of rotatable bonds is 7. The van der Waals surface area contributed by atoms with Gasteiger partial charge in [0.25, 0.3) is 0 Å². The van der Waals surface area contributed by atoms with Gasteiger partial charge in [-0.2, -0.15) is 0 Å². The second kappa shape index (κ2) is 14.6. The van der Waals surface area contributed by atoms with Gasteiger partial charge in [0.05, 0.1) is 11.5 Å².